The van der Waals surface area contributed by atoms with Crippen LogP contribution in [0.1, 0.15) is 24.8 Å². The Balaban J connectivity index is 1.61. The van der Waals surface area contributed by atoms with Crippen molar-refractivity contribution in [2.45, 2.75) is 38.0 Å². The number of hydrogen-bond donors (Lipinski definition) is 1. The van der Waals surface area contributed by atoms with Crippen LogP contribution in [0, 0.1) is 0 Å². The number of carboxylic acids is 1. The first-order valence-corrected chi connectivity index (χ1v) is 8.53. The molecule has 2 aliphatic heterocycles. The molecule has 130 valence electrons. The number of aliphatic carboxylic acids is 1. The van der Waals surface area contributed by atoms with Crippen molar-refractivity contribution in [2.24, 2.45) is 0 Å². The normalized spacial score (nSPS) is 24.9. The molecule has 0 bridgehead atoms. The van der Waals surface area contributed by atoms with Gasteiger partial charge in [0.05, 0.1) is 25.2 Å². The van der Waals surface area contributed by atoms with Crippen LogP contribution in [-0.4, -0.2) is 65.2 Å². The molecule has 0 spiro atoms. The molecule has 2 heterocycles. The number of carbonyl (C=O) groups is 2. The lowest BCUT2D eigenvalue weighted by molar-refractivity contribution is -0.150. The van der Waals surface area contributed by atoms with E-state index in [1.54, 1.807) is 4.90 Å². The monoisotopic (exact) mass is 332 g/mol. The van der Waals surface area contributed by atoms with Gasteiger partial charge in [-0.3, -0.25) is 14.5 Å². The number of rotatable bonds is 5. The van der Waals surface area contributed by atoms with Gasteiger partial charge in [0.1, 0.15) is 0 Å². The van der Waals surface area contributed by atoms with Crippen molar-refractivity contribution in [2.75, 3.05) is 26.2 Å². The number of carbonyl (C=O) groups excluding carboxylic acids is 1. The minimum Gasteiger partial charge on any atom is -0.481 e. The van der Waals surface area contributed by atoms with E-state index in [0.717, 1.165) is 25.9 Å². The highest BCUT2D eigenvalue weighted by Crippen LogP contribution is 2.23. The maximum Gasteiger partial charge on any atom is 0.306 e. The molecule has 1 N–H and O–H groups in total. The van der Waals surface area contributed by atoms with E-state index >= 15 is 0 Å². The lowest BCUT2D eigenvalue weighted by Gasteiger charge is -2.35. The molecule has 0 unspecified atom stereocenters. The largest absolute Gasteiger partial charge is 0.481 e. The minimum atomic E-state index is -0.888. The summed E-state index contributed by atoms with van der Waals surface area (Å²) in [5.74, 6) is -0.775. The maximum absolute atomic E-state index is 12.9. The fourth-order valence-electron chi connectivity index (χ4n) is 3.56. The van der Waals surface area contributed by atoms with E-state index in [1.807, 2.05) is 18.2 Å². The van der Waals surface area contributed by atoms with Crippen molar-refractivity contribution in [3.8, 4) is 0 Å². The number of amides is 1. The standard InChI is InChI=1S/C18H24N2O4/c21-17(22)11-15-13-20(9-10-24-15)18(23)16-7-4-8-19(16)12-14-5-2-1-3-6-14/h1-3,5-6,15-16H,4,7-13H2,(H,21,22)/t15-,16-/m1/s1. The number of carboxylic acid groups (broad SMARTS) is 1. The Kier molecular flexibility index (Phi) is 5.48. The predicted molar refractivity (Wildman–Crippen MR) is 88.4 cm³/mol. The third kappa shape index (κ3) is 4.13. The van der Waals surface area contributed by atoms with Gasteiger partial charge < -0.3 is 14.7 Å². The SMILES string of the molecule is O=C(O)C[C@@H]1CN(C(=O)[C@H]2CCCN2Cc2ccccc2)CCO1. The first-order valence-electron chi connectivity index (χ1n) is 8.53. The second kappa shape index (κ2) is 7.77. The number of ether oxygens (including phenoxy) is 1. The van der Waals surface area contributed by atoms with Gasteiger partial charge in [0.2, 0.25) is 5.91 Å². The van der Waals surface area contributed by atoms with Crippen LogP contribution in [0.3, 0.4) is 0 Å². The van der Waals surface area contributed by atoms with E-state index in [1.165, 1.54) is 5.56 Å². The molecular formula is C18H24N2O4. The molecule has 0 saturated carbocycles. The van der Waals surface area contributed by atoms with Gasteiger partial charge in [0.25, 0.3) is 0 Å². The molecule has 3 rings (SSSR count). The fourth-order valence-corrected chi connectivity index (χ4v) is 3.56. The summed E-state index contributed by atoms with van der Waals surface area (Å²) in [6, 6.07) is 10.1. The zero-order valence-electron chi connectivity index (χ0n) is 13.8. The smallest absolute Gasteiger partial charge is 0.306 e. The molecular weight excluding hydrogens is 308 g/mol. The van der Waals surface area contributed by atoms with Gasteiger partial charge in [-0.2, -0.15) is 0 Å². The topological polar surface area (TPSA) is 70.1 Å². The van der Waals surface area contributed by atoms with Crippen LogP contribution in [0.25, 0.3) is 0 Å². The number of benzene rings is 1. The molecule has 2 aliphatic rings. The fraction of sp³-hybridized carbons (Fsp3) is 0.556. The summed E-state index contributed by atoms with van der Waals surface area (Å²) in [6.45, 7) is 3.04. The van der Waals surface area contributed by atoms with Crippen LogP contribution in [-0.2, 0) is 20.9 Å². The second-order valence-electron chi connectivity index (χ2n) is 6.49. The van der Waals surface area contributed by atoms with Gasteiger partial charge in [0, 0.05) is 19.6 Å². The summed E-state index contributed by atoms with van der Waals surface area (Å²) < 4.78 is 5.47. The molecule has 0 aromatic heterocycles. The van der Waals surface area contributed by atoms with Crippen LogP contribution >= 0.6 is 0 Å². The van der Waals surface area contributed by atoms with Crippen molar-refractivity contribution in [1.29, 1.82) is 0 Å². The zero-order valence-corrected chi connectivity index (χ0v) is 13.8. The molecule has 1 aromatic rings. The van der Waals surface area contributed by atoms with Crippen molar-refractivity contribution >= 4 is 11.9 Å². The maximum atomic E-state index is 12.9. The molecule has 0 radical (unpaired) electrons. The summed E-state index contributed by atoms with van der Waals surface area (Å²) in [6.07, 6.45) is 1.44. The Morgan fingerprint density at radius 2 is 2.00 bits per heavy atom. The molecule has 24 heavy (non-hydrogen) atoms. The first-order chi connectivity index (χ1) is 11.6. The summed E-state index contributed by atoms with van der Waals surface area (Å²) in [4.78, 5) is 27.8. The Morgan fingerprint density at radius 3 is 2.75 bits per heavy atom. The Hall–Kier alpha value is -1.92. The Bertz CT molecular complexity index is 578. The Morgan fingerprint density at radius 1 is 1.21 bits per heavy atom. The van der Waals surface area contributed by atoms with Crippen molar-refractivity contribution in [1.82, 2.24) is 9.80 Å². The van der Waals surface area contributed by atoms with Crippen molar-refractivity contribution in [3.05, 3.63) is 35.9 Å². The lowest BCUT2D eigenvalue weighted by Crippen LogP contribution is -2.52. The molecule has 1 amide bonds. The number of likely N-dealkylation sites (tertiary alicyclic amines) is 1. The summed E-state index contributed by atoms with van der Waals surface area (Å²) in [5.41, 5.74) is 1.21. The van der Waals surface area contributed by atoms with E-state index < -0.39 is 12.1 Å². The van der Waals surface area contributed by atoms with E-state index in [4.69, 9.17) is 9.84 Å². The van der Waals surface area contributed by atoms with Gasteiger partial charge >= 0.3 is 5.97 Å². The van der Waals surface area contributed by atoms with Gasteiger partial charge in [-0.1, -0.05) is 30.3 Å². The van der Waals surface area contributed by atoms with E-state index in [0.29, 0.717) is 19.7 Å². The van der Waals surface area contributed by atoms with E-state index in [2.05, 4.69) is 17.0 Å². The minimum absolute atomic E-state index is 0.0534. The highest BCUT2D eigenvalue weighted by molar-refractivity contribution is 5.82. The van der Waals surface area contributed by atoms with Crippen LogP contribution in [0.4, 0.5) is 0 Å². The van der Waals surface area contributed by atoms with E-state index in [-0.39, 0.29) is 18.4 Å². The number of nitrogens with zero attached hydrogens (tertiary/aromatic N) is 2. The molecule has 6 heteroatoms. The molecule has 6 nitrogen and oxygen atoms in total. The van der Waals surface area contributed by atoms with Crippen molar-refractivity contribution < 1.29 is 19.4 Å². The summed E-state index contributed by atoms with van der Waals surface area (Å²) in [5, 5.41) is 8.92. The predicted octanol–water partition coefficient (Wildman–Crippen LogP) is 1.35. The third-order valence-electron chi connectivity index (χ3n) is 4.73. The van der Waals surface area contributed by atoms with E-state index in [9.17, 15) is 9.59 Å². The highest BCUT2D eigenvalue weighted by Gasteiger charge is 2.35. The average Bonchev–Trinajstić information content (AvgIpc) is 3.03. The molecule has 1 aromatic carbocycles. The van der Waals surface area contributed by atoms with Crippen LogP contribution in [0.2, 0.25) is 0 Å². The van der Waals surface area contributed by atoms with Gasteiger partial charge in [-0.15, -0.1) is 0 Å². The first kappa shape index (κ1) is 16.9. The average molecular weight is 332 g/mol. The number of morpholine rings is 1. The molecule has 2 fully saturated rings. The second-order valence-corrected chi connectivity index (χ2v) is 6.49. The van der Waals surface area contributed by atoms with Crippen LogP contribution < -0.4 is 0 Å². The van der Waals surface area contributed by atoms with Gasteiger partial charge in [-0.05, 0) is 24.9 Å². The van der Waals surface area contributed by atoms with Crippen LogP contribution in [0.15, 0.2) is 30.3 Å². The van der Waals surface area contributed by atoms with Gasteiger partial charge in [-0.25, -0.2) is 0 Å². The van der Waals surface area contributed by atoms with Gasteiger partial charge in [0.15, 0.2) is 0 Å². The summed E-state index contributed by atoms with van der Waals surface area (Å²) in [7, 11) is 0. The highest BCUT2D eigenvalue weighted by atomic mass is 16.5. The molecule has 2 saturated heterocycles. The van der Waals surface area contributed by atoms with Crippen LogP contribution in [0.5, 0.6) is 0 Å². The third-order valence-corrected chi connectivity index (χ3v) is 4.73. The Labute approximate surface area is 142 Å². The summed E-state index contributed by atoms with van der Waals surface area (Å²) >= 11 is 0. The zero-order chi connectivity index (χ0) is 16.9. The number of hydrogen-bond acceptors (Lipinski definition) is 4. The quantitative estimate of drug-likeness (QED) is 0.881. The lowest BCUT2D eigenvalue weighted by atomic mass is 10.1. The molecule has 2 atom stereocenters. The van der Waals surface area contributed by atoms with Crippen molar-refractivity contribution in [3.63, 3.8) is 0 Å². The molecule has 0 aliphatic carbocycles.